The zero-order valence-electron chi connectivity index (χ0n) is 14.3. The Labute approximate surface area is 152 Å². The maximum atomic E-state index is 12.6. The smallest absolute Gasteiger partial charge is 0.258 e. The first-order chi connectivity index (χ1) is 11.9. The lowest BCUT2D eigenvalue weighted by atomic mass is 10.1. The third-order valence-corrected chi connectivity index (χ3v) is 6.62. The van der Waals surface area contributed by atoms with Crippen molar-refractivity contribution in [1.29, 1.82) is 0 Å². The Morgan fingerprint density at radius 3 is 2.12 bits per heavy atom. The molecule has 0 saturated carbocycles. The van der Waals surface area contributed by atoms with Crippen LogP contribution in [-0.4, -0.2) is 28.0 Å². The molecule has 2 aromatic rings. The summed E-state index contributed by atoms with van der Waals surface area (Å²) in [6.45, 7) is 3.14. The maximum absolute atomic E-state index is 12.6. The average Bonchev–Trinajstić information content (AvgIpc) is 2.53. The first-order valence-electron chi connectivity index (χ1n) is 7.49. The van der Waals surface area contributed by atoms with Gasteiger partial charge in [0.2, 0.25) is 10.0 Å². The van der Waals surface area contributed by atoms with Crippen molar-refractivity contribution in [2.24, 2.45) is 0 Å². The third-order valence-electron chi connectivity index (χ3n) is 3.81. The average molecular weight is 398 g/mol. The molecule has 0 saturated heterocycles. The number of sulfone groups is 1. The van der Waals surface area contributed by atoms with Gasteiger partial charge in [-0.15, -0.1) is 0 Å². The number of nitrogens with zero attached hydrogens (tertiary/aromatic N) is 1. The highest BCUT2D eigenvalue weighted by molar-refractivity contribution is 7.90. The second kappa shape index (κ2) is 7.14. The van der Waals surface area contributed by atoms with Crippen LogP contribution in [0.25, 0.3) is 0 Å². The standard InChI is InChI=1S/C16H18N2O6S2/c1-11-4-7-14(18(19)20)10-16(11)26(23,24)17-12(2)13-5-8-15(9-6-13)25(3,21)22/h4-10,12,17H,1-3H3/t12-/m0/s1. The Bertz CT molecular complexity index is 1040. The number of aryl methyl sites for hydroxylation is 1. The van der Waals surface area contributed by atoms with Crippen LogP contribution < -0.4 is 4.72 Å². The molecule has 0 aliphatic rings. The number of rotatable bonds is 6. The third kappa shape index (κ3) is 4.45. The van der Waals surface area contributed by atoms with Gasteiger partial charge in [-0.05, 0) is 37.1 Å². The van der Waals surface area contributed by atoms with Crippen LogP contribution >= 0.6 is 0 Å². The highest BCUT2D eigenvalue weighted by Crippen LogP contribution is 2.24. The van der Waals surface area contributed by atoms with Gasteiger partial charge >= 0.3 is 0 Å². The molecule has 1 N–H and O–H groups in total. The van der Waals surface area contributed by atoms with Gasteiger partial charge in [0.15, 0.2) is 9.84 Å². The van der Waals surface area contributed by atoms with E-state index in [-0.39, 0.29) is 15.5 Å². The van der Waals surface area contributed by atoms with E-state index in [1.807, 2.05) is 0 Å². The van der Waals surface area contributed by atoms with Gasteiger partial charge in [-0.2, -0.15) is 0 Å². The second-order valence-corrected chi connectivity index (χ2v) is 9.59. The van der Waals surface area contributed by atoms with E-state index in [1.165, 1.54) is 36.4 Å². The normalized spacial score (nSPS) is 13.3. The van der Waals surface area contributed by atoms with Gasteiger partial charge in [-0.3, -0.25) is 10.1 Å². The van der Waals surface area contributed by atoms with Gasteiger partial charge in [0, 0.05) is 24.4 Å². The van der Waals surface area contributed by atoms with Crippen molar-refractivity contribution in [3.05, 3.63) is 63.7 Å². The number of non-ortho nitro benzene ring substituents is 1. The number of nitrogens with one attached hydrogen (secondary N) is 1. The Morgan fingerprint density at radius 1 is 1.04 bits per heavy atom. The zero-order chi connectivity index (χ0) is 19.7. The van der Waals surface area contributed by atoms with E-state index in [4.69, 9.17) is 0 Å². The van der Waals surface area contributed by atoms with Crippen LogP contribution in [0.4, 0.5) is 5.69 Å². The highest BCUT2D eigenvalue weighted by atomic mass is 32.2. The monoisotopic (exact) mass is 398 g/mol. The molecule has 8 nitrogen and oxygen atoms in total. The fraction of sp³-hybridized carbons (Fsp3) is 0.250. The lowest BCUT2D eigenvalue weighted by Crippen LogP contribution is -2.27. The van der Waals surface area contributed by atoms with Gasteiger partial charge in [0.1, 0.15) is 0 Å². The molecular formula is C16H18N2O6S2. The Kier molecular flexibility index (Phi) is 5.49. The van der Waals surface area contributed by atoms with E-state index < -0.39 is 30.8 Å². The summed E-state index contributed by atoms with van der Waals surface area (Å²) in [5.41, 5.74) is 0.618. The second-order valence-electron chi connectivity index (χ2n) is 5.89. The van der Waals surface area contributed by atoms with Gasteiger partial charge in [0.25, 0.3) is 5.69 Å². The fourth-order valence-corrected chi connectivity index (χ4v) is 4.49. The van der Waals surface area contributed by atoms with E-state index in [0.717, 1.165) is 12.3 Å². The molecule has 0 aliphatic heterocycles. The molecule has 0 radical (unpaired) electrons. The first kappa shape index (κ1) is 20.0. The Balaban J connectivity index is 2.32. The predicted octanol–water partition coefficient (Wildman–Crippen LogP) is 2.35. The van der Waals surface area contributed by atoms with Crippen LogP contribution in [0.2, 0.25) is 0 Å². The molecule has 0 bridgehead atoms. The highest BCUT2D eigenvalue weighted by Gasteiger charge is 2.23. The molecule has 1 atom stereocenters. The van der Waals surface area contributed by atoms with Gasteiger partial charge < -0.3 is 0 Å². The summed E-state index contributed by atoms with van der Waals surface area (Å²) in [5.74, 6) is 0. The quantitative estimate of drug-likeness (QED) is 0.588. The van der Waals surface area contributed by atoms with Crippen LogP contribution in [0.3, 0.4) is 0 Å². The zero-order valence-corrected chi connectivity index (χ0v) is 16.0. The molecule has 0 unspecified atom stereocenters. The Hall–Kier alpha value is -2.30. The summed E-state index contributed by atoms with van der Waals surface area (Å²) in [4.78, 5) is 10.2. The largest absolute Gasteiger partial charge is 0.270 e. The number of hydrogen-bond acceptors (Lipinski definition) is 6. The Morgan fingerprint density at radius 2 is 1.62 bits per heavy atom. The minimum absolute atomic E-state index is 0.130. The summed E-state index contributed by atoms with van der Waals surface area (Å²) in [6, 6.07) is 8.79. The SMILES string of the molecule is Cc1ccc([N+](=O)[O-])cc1S(=O)(=O)N[C@@H](C)c1ccc(S(C)(=O)=O)cc1. The van der Waals surface area contributed by atoms with Crippen LogP contribution in [0, 0.1) is 17.0 Å². The van der Waals surface area contributed by atoms with E-state index in [9.17, 15) is 26.9 Å². The van der Waals surface area contributed by atoms with Crippen LogP contribution in [-0.2, 0) is 19.9 Å². The summed E-state index contributed by atoms with van der Waals surface area (Å²) < 4.78 is 50.6. The summed E-state index contributed by atoms with van der Waals surface area (Å²) in [7, 11) is -7.35. The number of nitro benzene ring substituents is 1. The van der Waals surface area contributed by atoms with E-state index >= 15 is 0 Å². The molecule has 0 spiro atoms. The molecule has 0 fully saturated rings. The van der Waals surface area contributed by atoms with Crippen molar-refractivity contribution in [2.75, 3.05) is 6.26 Å². The minimum Gasteiger partial charge on any atom is -0.258 e. The molecule has 140 valence electrons. The molecule has 26 heavy (non-hydrogen) atoms. The molecule has 0 heterocycles. The summed E-state index contributed by atoms with van der Waals surface area (Å²) in [6.07, 6.45) is 1.08. The lowest BCUT2D eigenvalue weighted by molar-refractivity contribution is -0.385. The van der Waals surface area contributed by atoms with Crippen LogP contribution in [0.15, 0.2) is 52.3 Å². The molecular weight excluding hydrogens is 380 g/mol. The van der Waals surface area contributed by atoms with E-state index in [0.29, 0.717) is 11.1 Å². The van der Waals surface area contributed by atoms with E-state index in [1.54, 1.807) is 13.8 Å². The first-order valence-corrected chi connectivity index (χ1v) is 10.9. The van der Waals surface area contributed by atoms with Crippen molar-refractivity contribution in [3.8, 4) is 0 Å². The number of benzene rings is 2. The fourth-order valence-electron chi connectivity index (χ4n) is 2.36. The summed E-state index contributed by atoms with van der Waals surface area (Å²) >= 11 is 0. The lowest BCUT2D eigenvalue weighted by Gasteiger charge is -2.16. The molecule has 2 aromatic carbocycles. The van der Waals surface area contributed by atoms with Gasteiger partial charge in [-0.1, -0.05) is 18.2 Å². The van der Waals surface area contributed by atoms with Crippen molar-refractivity contribution in [2.45, 2.75) is 29.7 Å². The van der Waals surface area contributed by atoms with Crippen molar-refractivity contribution < 1.29 is 21.8 Å². The molecule has 0 amide bonds. The maximum Gasteiger partial charge on any atom is 0.270 e. The van der Waals surface area contributed by atoms with Gasteiger partial charge in [0.05, 0.1) is 14.7 Å². The predicted molar refractivity (Wildman–Crippen MR) is 96.1 cm³/mol. The van der Waals surface area contributed by atoms with Crippen molar-refractivity contribution >= 4 is 25.5 Å². The molecule has 10 heteroatoms. The van der Waals surface area contributed by atoms with Crippen molar-refractivity contribution in [1.82, 2.24) is 4.72 Å². The molecule has 0 aromatic heterocycles. The van der Waals surface area contributed by atoms with Crippen LogP contribution in [0.1, 0.15) is 24.1 Å². The topological polar surface area (TPSA) is 123 Å². The van der Waals surface area contributed by atoms with Crippen molar-refractivity contribution in [3.63, 3.8) is 0 Å². The molecule has 2 rings (SSSR count). The van der Waals surface area contributed by atoms with E-state index in [2.05, 4.69) is 4.72 Å². The van der Waals surface area contributed by atoms with Crippen LogP contribution in [0.5, 0.6) is 0 Å². The minimum atomic E-state index is -4.01. The number of nitro groups is 1. The number of hydrogen-bond donors (Lipinski definition) is 1. The summed E-state index contributed by atoms with van der Waals surface area (Å²) in [5, 5.41) is 10.9. The van der Waals surface area contributed by atoms with Gasteiger partial charge in [-0.25, -0.2) is 21.6 Å². The number of sulfonamides is 1. The molecule has 0 aliphatic carbocycles.